The summed E-state index contributed by atoms with van der Waals surface area (Å²) in [4.78, 5) is 9.56. The third-order valence-corrected chi connectivity index (χ3v) is 2.19. The van der Waals surface area contributed by atoms with E-state index in [1.165, 1.54) is 0 Å². The van der Waals surface area contributed by atoms with Gasteiger partial charge in [-0.15, -0.1) is 0 Å². The smallest absolute Gasteiger partial charge is 0.544 e. The van der Waals surface area contributed by atoms with Crippen molar-refractivity contribution in [2.24, 2.45) is 0 Å². The molecule has 0 unspecified atom stereocenters. The second kappa shape index (κ2) is 5.86. The van der Waals surface area contributed by atoms with Gasteiger partial charge in [-0.05, 0) is 0 Å². The minimum Gasteiger partial charge on any atom is -0.544 e. The van der Waals surface area contributed by atoms with Crippen LogP contribution in [0.4, 0.5) is 57.1 Å². The Hall–Kier alpha value is -0.921. The van der Waals surface area contributed by atoms with Gasteiger partial charge in [-0.3, -0.25) is 0 Å². The van der Waals surface area contributed by atoms with Crippen LogP contribution in [0, 0.1) is 0 Å². The Kier molecular flexibility index (Phi) is 6.20. The van der Waals surface area contributed by atoms with Gasteiger partial charge >= 0.3 is 52.9 Å². The quantitative estimate of drug-likeness (QED) is 0.501. The fourth-order valence-electron chi connectivity index (χ4n) is 0.898. The Bertz CT molecular complexity index is 454. The van der Waals surface area contributed by atoms with Crippen LogP contribution in [0.2, 0.25) is 0 Å². The summed E-state index contributed by atoms with van der Waals surface area (Å²) in [6, 6.07) is 0. The zero-order valence-corrected chi connectivity index (χ0v) is 10.5. The van der Waals surface area contributed by atoms with Crippen molar-refractivity contribution in [1.29, 1.82) is 0 Å². The number of aliphatic carboxylic acids is 1. The number of carbonyl (C=O) groups excluding carboxylic acids is 1. The fraction of sp³-hybridized carbons (Fsp3) is 0.857. The van der Waals surface area contributed by atoms with Crippen LogP contribution in [0.5, 0.6) is 0 Å². The Morgan fingerprint density at radius 3 is 1.04 bits per heavy atom. The van der Waals surface area contributed by atoms with Gasteiger partial charge in [-0.1, -0.05) is 0 Å². The molecular weight excluding hydrogens is 427 g/mol. The van der Waals surface area contributed by atoms with E-state index in [1.54, 1.807) is 0 Å². The van der Waals surface area contributed by atoms with E-state index in [1.807, 2.05) is 0 Å². The van der Waals surface area contributed by atoms with Crippen molar-refractivity contribution in [2.75, 3.05) is 0 Å². The first-order valence-corrected chi connectivity index (χ1v) is 4.37. The van der Waals surface area contributed by atoms with E-state index in [-0.39, 0.29) is 17.1 Å². The average Bonchev–Trinajstić information content (AvgIpc) is 2.25. The van der Waals surface area contributed by atoms with Gasteiger partial charge in [0.05, 0.1) is 0 Å². The predicted molar refractivity (Wildman–Crippen MR) is 35.8 cm³/mol. The SMILES string of the molecule is O=C([O-])C(F)(F)C(F)(F)C(F)(F)C(F)(F)C(F)(F)C(F)(F)F.[Cu+]. The molecule has 16 heteroatoms. The van der Waals surface area contributed by atoms with Crippen LogP contribution >= 0.6 is 0 Å². The first-order valence-electron chi connectivity index (χ1n) is 4.37. The van der Waals surface area contributed by atoms with Crippen LogP contribution in [-0.2, 0) is 21.9 Å². The molecule has 0 rings (SSSR count). The summed E-state index contributed by atoms with van der Waals surface area (Å²) >= 11 is 0. The van der Waals surface area contributed by atoms with E-state index in [0.717, 1.165) is 0 Å². The third kappa shape index (κ3) is 3.06. The summed E-state index contributed by atoms with van der Waals surface area (Å²) in [5.41, 5.74) is 0. The van der Waals surface area contributed by atoms with Gasteiger partial charge in [0.1, 0.15) is 5.97 Å². The Balaban J connectivity index is 0. The molecule has 0 N–H and O–H groups in total. The van der Waals surface area contributed by atoms with Gasteiger partial charge in [-0.2, -0.15) is 57.1 Å². The molecule has 0 aliphatic heterocycles. The van der Waals surface area contributed by atoms with Crippen molar-refractivity contribution in [3.8, 4) is 0 Å². The van der Waals surface area contributed by atoms with Crippen molar-refractivity contribution < 1.29 is 84.0 Å². The molecule has 0 aromatic carbocycles. The first-order chi connectivity index (χ1) is 9.19. The second-order valence-corrected chi connectivity index (χ2v) is 3.66. The van der Waals surface area contributed by atoms with E-state index in [2.05, 4.69) is 0 Å². The second-order valence-electron chi connectivity index (χ2n) is 3.66. The topological polar surface area (TPSA) is 40.1 Å². The minimum absolute atomic E-state index is 0. The van der Waals surface area contributed by atoms with E-state index < -0.39 is 41.8 Å². The van der Waals surface area contributed by atoms with Gasteiger partial charge in [0.2, 0.25) is 0 Å². The van der Waals surface area contributed by atoms with Gasteiger partial charge < -0.3 is 9.90 Å². The van der Waals surface area contributed by atoms with E-state index >= 15 is 0 Å². The fourth-order valence-corrected chi connectivity index (χ4v) is 0.898. The maximum atomic E-state index is 12.6. The number of carboxylic acids is 1. The molecule has 0 spiro atoms. The van der Waals surface area contributed by atoms with Crippen LogP contribution in [0.3, 0.4) is 0 Å². The number of halogens is 13. The van der Waals surface area contributed by atoms with Gasteiger partial charge in [0.25, 0.3) is 0 Å². The normalized spacial score (nSPS) is 15.2. The molecule has 0 aromatic heterocycles. The zero-order valence-electron chi connectivity index (χ0n) is 9.53. The number of carbonyl (C=O) groups is 1. The summed E-state index contributed by atoms with van der Waals surface area (Å²) in [5, 5.41) is 9.56. The standard InChI is InChI=1S/C7HF13O2.Cu/c8-2(9,1(21)22)3(10,11)4(12,13)5(14,15)6(16,17)7(18,19)20;/h(H,21,22);/q;+1/p-1. The summed E-state index contributed by atoms with van der Waals surface area (Å²) < 4.78 is 159. The zero-order chi connectivity index (χ0) is 18.6. The number of hydrogen-bond acceptors (Lipinski definition) is 2. The summed E-state index contributed by atoms with van der Waals surface area (Å²) in [5.74, 6) is -43.5. The first kappa shape index (κ1) is 24.3. The summed E-state index contributed by atoms with van der Waals surface area (Å²) in [6.45, 7) is 0. The number of alkyl halides is 13. The van der Waals surface area contributed by atoms with Crippen molar-refractivity contribution in [2.45, 2.75) is 35.8 Å². The number of carboxylic acid groups (broad SMARTS) is 1. The molecule has 0 aliphatic rings. The van der Waals surface area contributed by atoms with Crippen LogP contribution in [0.15, 0.2) is 0 Å². The van der Waals surface area contributed by atoms with Crippen LogP contribution < -0.4 is 5.11 Å². The molecule has 0 fully saturated rings. The Labute approximate surface area is 127 Å². The molecule has 23 heavy (non-hydrogen) atoms. The summed E-state index contributed by atoms with van der Waals surface area (Å²) in [6.07, 6.45) is -7.53. The van der Waals surface area contributed by atoms with Crippen LogP contribution in [0.1, 0.15) is 0 Å². The Morgan fingerprint density at radius 2 is 0.826 bits per heavy atom. The molecule has 0 saturated heterocycles. The minimum atomic E-state index is -8.11. The molecule has 0 saturated carbocycles. The van der Waals surface area contributed by atoms with Crippen LogP contribution in [0.25, 0.3) is 0 Å². The van der Waals surface area contributed by atoms with Crippen LogP contribution in [-0.4, -0.2) is 41.8 Å². The largest absolute Gasteiger partial charge is 1.00 e. The van der Waals surface area contributed by atoms with E-state index in [9.17, 15) is 67.0 Å². The monoisotopic (exact) mass is 426 g/mol. The number of rotatable bonds is 5. The average molecular weight is 427 g/mol. The van der Waals surface area contributed by atoms with Gasteiger partial charge in [0.15, 0.2) is 0 Å². The predicted octanol–water partition coefficient (Wildman–Crippen LogP) is 2.47. The molecular formula is C7CuF13O2. The molecule has 2 nitrogen and oxygen atoms in total. The van der Waals surface area contributed by atoms with Crippen molar-refractivity contribution in [3.63, 3.8) is 0 Å². The van der Waals surface area contributed by atoms with Crippen molar-refractivity contribution in [1.82, 2.24) is 0 Å². The molecule has 0 radical (unpaired) electrons. The van der Waals surface area contributed by atoms with Crippen molar-refractivity contribution in [3.05, 3.63) is 0 Å². The molecule has 0 amide bonds. The number of hydrogen-bond donors (Lipinski definition) is 0. The maximum Gasteiger partial charge on any atom is 1.00 e. The Morgan fingerprint density at radius 1 is 0.565 bits per heavy atom. The molecule has 0 heterocycles. The molecule has 0 aliphatic carbocycles. The molecule has 0 bridgehead atoms. The maximum absolute atomic E-state index is 12.6. The third-order valence-electron chi connectivity index (χ3n) is 2.19. The summed E-state index contributed by atoms with van der Waals surface area (Å²) in [7, 11) is 0. The van der Waals surface area contributed by atoms with E-state index in [0.29, 0.717) is 0 Å². The molecule has 142 valence electrons. The van der Waals surface area contributed by atoms with Gasteiger partial charge in [0, 0.05) is 0 Å². The molecule has 0 atom stereocenters. The van der Waals surface area contributed by atoms with Crippen molar-refractivity contribution >= 4 is 5.97 Å². The van der Waals surface area contributed by atoms with Gasteiger partial charge in [-0.25, -0.2) is 0 Å². The van der Waals surface area contributed by atoms with E-state index in [4.69, 9.17) is 0 Å². The molecule has 0 aromatic rings.